The predicted octanol–water partition coefficient (Wildman–Crippen LogP) is 1.09. The highest BCUT2D eigenvalue weighted by molar-refractivity contribution is 4.93. The number of allylic oxidation sites excluding steroid dienone is 1. The number of hydrogen-bond donors (Lipinski definition) is 0. The molecule has 11 heavy (non-hydrogen) atoms. The van der Waals surface area contributed by atoms with Gasteiger partial charge in [0, 0.05) is 19.6 Å². The van der Waals surface area contributed by atoms with Crippen LogP contribution in [0.3, 0.4) is 0 Å². The van der Waals surface area contributed by atoms with Crippen LogP contribution < -0.4 is 0 Å². The summed E-state index contributed by atoms with van der Waals surface area (Å²) in [6.07, 6.45) is 3.15. The van der Waals surface area contributed by atoms with Crippen molar-refractivity contribution >= 4 is 0 Å². The number of rotatable bonds is 2. The molecule has 0 saturated carbocycles. The van der Waals surface area contributed by atoms with E-state index in [0.29, 0.717) is 0 Å². The number of ether oxygens (including phenoxy) is 1. The maximum atomic E-state index is 5.24. The summed E-state index contributed by atoms with van der Waals surface area (Å²) in [5.74, 6) is 0. The molecule has 1 radical (unpaired) electrons. The molecule has 0 amide bonds. The third-order valence-corrected chi connectivity index (χ3v) is 1.99. The molecule has 1 rings (SSSR count). The molecule has 1 saturated heterocycles. The van der Waals surface area contributed by atoms with E-state index in [1.54, 1.807) is 0 Å². The maximum Gasteiger partial charge on any atom is 0.0594 e. The smallest absolute Gasteiger partial charge is 0.0594 e. The number of morpholine rings is 1. The lowest BCUT2D eigenvalue weighted by atomic mass is 10.2. The zero-order chi connectivity index (χ0) is 8.10. The molecule has 2 heteroatoms. The lowest BCUT2D eigenvalue weighted by molar-refractivity contribution is 0.0422. The van der Waals surface area contributed by atoms with Crippen LogP contribution in [0.1, 0.15) is 13.8 Å². The van der Waals surface area contributed by atoms with E-state index >= 15 is 0 Å². The fourth-order valence-corrected chi connectivity index (χ4v) is 1.17. The molecule has 0 unspecified atom stereocenters. The van der Waals surface area contributed by atoms with E-state index in [2.05, 4.69) is 17.9 Å². The van der Waals surface area contributed by atoms with Gasteiger partial charge in [-0.25, -0.2) is 0 Å². The van der Waals surface area contributed by atoms with Crippen molar-refractivity contribution in [1.82, 2.24) is 4.90 Å². The first-order valence-electron chi connectivity index (χ1n) is 4.13. The zero-order valence-electron chi connectivity index (χ0n) is 7.39. The molecule has 2 nitrogen and oxygen atoms in total. The van der Waals surface area contributed by atoms with Crippen LogP contribution in [0.15, 0.2) is 5.57 Å². The van der Waals surface area contributed by atoms with Gasteiger partial charge >= 0.3 is 0 Å². The van der Waals surface area contributed by atoms with Gasteiger partial charge in [0.25, 0.3) is 0 Å². The third kappa shape index (κ3) is 3.04. The highest BCUT2D eigenvalue weighted by atomic mass is 16.5. The molecule has 0 atom stereocenters. The van der Waals surface area contributed by atoms with Gasteiger partial charge in [-0.1, -0.05) is 5.57 Å². The Morgan fingerprint density at radius 3 is 2.64 bits per heavy atom. The van der Waals surface area contributed by atoms with Gasteiger partial charge in [-0.15, -0.1) is 0 Å². The highest BCUT2D eigenvalue weighted by Crippen LogP contribution is 2.00. The van der Waals surface area contributed by atoms with Gasteiger partial charge in [0.2, 0.25) is 0 Å². The standard InChI is InChI=1S/C9H16NO/c1-3-9(2)8-10-4-6-11-7-5-10/h4-8H2,1-2H3. The zero-order valence-corrected chi connectivity index (χ0v) is 7.39. The molecule has 0 N–H and O–H groups in total. The number of hydrogen-bond acceptors (Lipinski definition) is 2. The normalized spacial score (nSPS) is 22.2. The predicted molar refractivity (Wildman–Crippen MR) is 45.4 cm³/mol. The molecule has 1 fully saturated rings. The Hall–Kier alpha value is -0.340. The molecule has 0 aromatic rings. The fraction of sp³-hybridized carbons (Fsp3) is 0.778. The minimum absolute atomic E-state index is 0.886. The van der Waals surface area contributed by atoms with Gasteiger partial charge in [0.05, 0.1) is 13.2 Å². The average molecular weight is 154 g/mol. The molecule has 1 aliphatic rings. The Kier molecular flexibility index (Phi) is 3.60. The van der Waals surface area contributed by atoms with E-state index in [0.717, 1.165) is 32.8 Å². The third-order valence-electron chi connectivity index (χ3n) is 1.99. The Labute approximate surface area is 68.8 Å². The quantitative estimate of drug-likeness (QED) is 0.590. The average Bonchev–Trinajstić information content (AvgIpc) is 2.06. The van der Waals surface area contributed by atoms with E-state index < -0.39 is 0 Å². The topological polar surface area (TPSA) is 12.5 Å². The largest absolute Gasteiger partial charge is 0.379 e. The van der Waals surface area contributed by atoms with Crippen LogP contribution in [0, 0.1) is 6.08 Å². The molecular formula is C9H16NO. The summed E-state index contributed by atoms with van der Waals surface area (Å²) in [6, 6.07) is 0. The van der Waals surface area contributed by atoms with Gasteiger partial charge in [-0.2, -0.15) is 0 Å². The van der Waals surface area contributed by atoms with Crippen molar-refractivity contribution in [2.45, 2.75) is 13.8 Å². The summed E-state index contributed by atoms with van der Waals surface area (Å²) in [6.45, 7) is 9.05. The van der Waals surface area contributed by atoms with Crippen LogP contribution in [0.5, 0.6) is 0 Å². The van der Waals surface area contributed by atoms with Crippen LogP contribution in [0.25, 0.3) is 0 Å². The second-order valence-electron chi connectivity index (χ2n) is 2.92. The summed E-state index contributed by atoms with van der Waals surface area (Å²) >= 11 is 0. The Balaban J connectivity index is 2.24. The van der Waals surface area contributed by atoms with Crippen LogP contribution in [-0.2, 0) is 4.74 Å². The molecule has 0 spiro atoms. The van der Waals surface area contributed by atoms with Crippen molar-refractivity contribution in [2.75, 3.05) is 32.8 Å². The Bertz CT molecular complexity index is 136. The molecule has 0 aromatic heterocycles. The van der Waals surface area contributed by atoms with E-state index in [1.807, 2.05) is 6.92 Å². The van der Waals surface area contributed by atoms with Crippen LogP contribution >= 0.6 is 0 Å². The molecular weight excluding hydrogens is 138 g/mol. The van der Waals surface area contributed by atoms with Crippen molar-refractivity contribution < 1.29 is 4.74 Å². The summed E-state index contributed by atoms with van der Waals surface area (Å²) in [7, 11) is 0. The number of nitrogens with zero attached hydrogens (tertiary/aromatic N) is 1. The van der Waals surface area contributed by atoms with Gasteiger partial charge < -0.3 is 4.74 Å². The van der Waals surface area contributed by atoms with Gasteiger partial charge in [-0.05, 0) is 19.9 Å². The van der Waals surface area contributed by atoms with Crippen LogP contribution in [0.2, 0.25) is 0 Å². The summed E-state index contributed by atoms with van der Waals surface area (Å²) in [5.41, 5.74) is 1.33. The van der Waals surface area contributed by atoms with Gasteiger partial charge in [-0.3, -0.25) is 4.90 Å². The second kappa shape index (κ2) is 4.52. The van der Waals surface area contributed by atoms with Crippen molar-refractivity contribution in [3.63, 3.8) is 0 Å². The Morgan fingerprint density at radius 2 is 2.09 bits per heavy atom. The molecule has 63 valence electrons. The molecule has 1 heterocycles. The summed E-state index contributed by atoms with van der Waals surface area (Å²) < 4.78 is 5.24. The SMILES string of the molecule is C[C]=C(C)CN1CCOCC1. The lowest BCUT2D eigenvalue weighted by Crippen LogP contribution is -2.37. The van der Waals surface area contributed by atoms with E-state index in [9.17, 15) is 0 Å². The van der Waals surface area contributed by atoms with Crippen molar-refractivity contribution in [2.24, 2.45) is 0 Å². The van der Waals surface area contributed by atoms with Crippen molar-refractivity contribution in [3.05, 3.63) is 11.6 Å². The van der Waals surface area contributed by atoms with Crippen molar-refractivity contribution in [3.8, 4) is 0 Å². The first-order chi connectivity index (χ1) is 5.33. The first kappa shape index (κ1) is 8.75. The van der Waals surface area contributed by atoms with Crippen LogP contribution in [0.4, 0.5) is 0 Å². The first-order valence-corrected chi connectivity index (χ1v) is 4.13. The monoisotopic (exact) mass is 154 g/mol. The lowest BCUT2D eigenvalue weighted by Gasteiger charge is -2.26. The maximum absolute atomic E-state index is 5.24. The van der Waals surface area contributed by atoms with Gasteiger partial charge in [0.1, 0.15) is 0 Å². The Morgan fingerprint density at radius 1 is 1.45 bits per heavy atom. The molecule has 1 aliphatic heterocycles. The van der Waals surface area contributed by atoms with E-state index in [1.165, 1.54) is 5.57 Å². The van der Waals surface area contributed by atoms with Crippen LogP contribution in [-0.4, -0.2) is 37.7 Å². The fourth-order valence-electron chi connectivity index (χ4n) is 1.17. The van der Waals surface area contributed by atoms with E-state index in [4.69, 9.17) is 4.74 Å². The highest BCUT2D eigenvalue weighted by Gasteiger charge is 2.09. The molecule has 0 bridgehead atoms. The second-order valence-corrected chi connectivity index (χ2v) is 2.92. The minimum Gasteiger partial charge on any atom is -0.379 e. The van der Waals surface area contributed by atoms with E-state index in [-0.39, 0.29) is 0 Å². The molecule has 0 aliphatic carbocycles. The van der Waals surface area contributed by atoms with Gasteiger partial charge in [0.15, 0.2) is 0 Å². The minimum atomic E-state index is 0.886. The molecule has 0 aromatic carbocycles. The van der Waals surface area contributed by atoms with Crippen molar-refractivity contribution in [1.29, 1.82) is 0 Å². The summed E-state index contributed by atoms with van der Waals surface area (Å²) in [5, 5.41) is 0. The summed E-state index contributed by atoms with van der Waals surface area (Å²) in [4.78, 5) is 2.40.